The van der Waals surface area contributed by atoms with Gasteiger partial charge in [0.05, 0.1) is 23.4 Å². The van der Waals surface area contributed by atoms with E-state index in [9.17, 15) is 4.79 Å². The van der Waals surface area contributed by atoms with Gasteiger partial charge in [0.1, 0.15) is 6.61 Å². The third-order valence-corrected chi connectivity index (χ3v) is 2.92. The number of carbonyl (C=O) groups is 1. The van der Waals surface area contributed by atoms with Gasteiger partial charge in [-0.15, -0.1) is 0 Å². The average molecular weight is 271 g/mol. The first-order valence-electron chi connectivity index (χ1n) is 5.69. The molecule has 3 N–H and O–H groups in total. The van der Waals surface area contributed by atoms with Crippen molar-refractivity contribution in [2.24, 2.45) is 0 Å². The predicted molar refractivity (Wildman–Crippen MR) is 69.7 cm³/mol. The van der Waals surface area contributed by atoms with Gasteiger partial charge in [-0.1, -0.05) is 11.6 Å². The zero-order valence-corrected chi connectivity index (χ0v) is 10.6. The van der Waals surface area contributed by atoms with Gasteiger partial charge in [0.15, 0.2) is 0 Å². The Labute approximate surface area is 110 Å². The minimum atomic E-state index is -0.242. The lowest BCUT2D eigenvalue weighted by Gasteiger charge is -2.11. The molecule has 1 aliphatic rings. The van der Waals surface area contributed by atoms with Crippen LogP contribution in [0.3, 0.4) is 0 Å². The zero-order valence-electron chi connectivity index (χ0n) is 9.82. The summed E-state index contributed by atoms with van der Waals surface area (Å²) in [7, 11) is 0. The Morgan fingerprint density at radius 2 is 2.44 bits per heavy atom. The molecule has 0 bridgehead atoms. The summed E-state index contributed by atoms with van der Waals surface area (Å²) in [6, 6.07) is 4.92. The van der Waals surface area contributed by atoms with E-state index in [0.717, 1.165) is 6.42 Å². The standard InChI is InChI=1S/C12H15ClN2O3/c13-10-5-8(14)1-2-11(10)15-12(16)7-18-9-3-4-17-6-9/h1-2,5,9H,3-4,6-7,14H2,(H,15,16). The minimum absolute atomic E-state index is 0.00523. The maximum Gasteiger partial charge on any atom is 0.250 e. The van der Waals surface area contributed by atoms with Crippen molar-refractivity contribution in [1.29, 1.82) is 0 Å². The van der Waals surface area contributed by atoms with Crippen molar-refractivity contribution in [3.8, 4) is 0 Å². The van der Waals surface area contributed by atoms with E-state index in [1.54, 1.807) is 18.2 Å². The summed E-state index contributed by atoms with van der Waals surface area (Å²) in [4.78, 5) is 11.6. The van der Waals surface area contributed by atoms with E-state index in [4.69, 9.17) is 26.8 Å². The largest absolute Gasteiger partial charge is 0.399 e. The van der Waals surface area contributed by atoms with Crippen LogP contribution in [-0.2, 0) is 14.3 Å². The summed E-state index contributed by atoms with van der Waals surface area (Å²) in [6.45, 7) is 1.24. The molecule has 0 spiro atoms. The SMILES string of the molecule is Nc1ccc(NC(=O)COC2CCOC2)c(Cl)c1. The number of hydrogen-bond donors (Lipinski definition) is 2. The fraction of sp³-hybridized carbons (Fsp3) is 0.417. The van der Waals surface area contributed by atoms with E-state index in [1.165, 1.54) is 0 Å². The average Bonchev–Trinajstić information content (AvgIpc) is 2.83. The fourth-order valence-corrected chi connectivity index (χ4v) is 1.89. The molecule has 1 unspecified atom stereocenters. The van der Waals surface area contributed by atoms with Crippen LogP contribution in [-0.4, -0.2) is 31.8 Å². The zero-order chi connectivity index (χ0) is 13.0. The van der Waals surface area contributed by atoms with Gasteiger partial charge in [0.2, 0.25) is 5.91 Å². The number of benzene rings is 1. The molecule has 1 fully saturated rings. The first kappa shape index (κ1) is 13.1. The van der Waals surface area contributed by atoms with Crippen molar-refractivity contribution >= 4 is 28.9 Å². The Balaban J connectivity index is 1.82. The number of carbonyl (C=O) groups excluding carboxylic acids is 1. The Hall–Kier alpha value is -1.30. The van der Waals surface area contributed by atoms with Gasteiger partial charge in [0.25, 0.3) is 0 Å². The Bertz CT molecular complexity index is 433. The third kappa shape index (κ3) is 3.60. The second-order valence-electron chi connectivity index (χ2n) is 4.08. The summed E-state index contributed by atoms with van der Waals surface area (Å²) in [5.74, 6) is -0.242. The second kappa shape index (κ2) is 6.04. The molecular formula is C12H15ClN2O3. The molecule has 0 aliphatic carbocycles. The maximum absolute atomic E-state index is 11.6. The molecule has 1 aliphatic heterocycles. The van der Waals surface area contributed by atoms with Crippen LogP contribution in [0.2, 0.25) is 5.02 Å². The van der Waals surface area contributed by atoms with Crippen LogP contribution in [0, 0.1) is 0 Å². The number of anilines is 2. The molecule has 2 rings (SSSR count). The number of nitrogens with one attached hydrogen (secondary N) is 1. The molecule has 1 heterocycles. The lowest BCUT2D eigenvalue weighted by Crippen LogP contribution is -2.23. The number of nitrogens with two attached hydrogens (primary N) is 1. The molecule has 1 saturated heterocycles. The van der Waals surface area contributed by atoms with Crippen LogP contribution >= 0.6 is 11.6 Å². The highest BCUT2D eigenvalue weighted by Crippen LogP contribution is 2.23. The predicted octanol–water partition coefficient (Wildman–Crippen LogP) is 1.67. The summed E-state index contributed by atoms with van der Waals surface area (Å²) >= 11 is 5.95. The molecule has 6 heteroatoms. The quantitative estimate of drug-likeness (QED) is 0.816. The molecule has 1 amide bonds. The van der Waals surface area contributed by atoms with E-state index in [0.29, 0.717) is 29.6 Å². The van der Waals surface area contributed by atoms with Crippen molar-refractivity contribution in [1.82, 2.24) is 0 Å². The van der Waals surface area contributed by atoms with E-state index in [1.807, 2.05) is 0 Å². The van der Waals surface area contributed by atoms with Gasteiger partial charge >= 0.3 is 0 Å². The number of rotatable bonds is 4. The van der Waals surface area contributed by atoms with E-state index in [2.05, 4.69) is 5.32 Å². The van der Waals surface area contributed by atoms with E-state index >= 15 is 0 Å². The van der Waals surface area contributed by atoms with Gasteiger partial charge in [-0.05, 0) is 24.6 Å². The third-order valence-electron chi connectivity index (χ3n) is 2.61. The molecule has 0 aromatic heterocycles. The first-order chi connectivity index (χ1) is 8.65. The van der Waals surface area contributed by atoms with Gasteiger partial charge in [-0.25, -0.2) is 0 Å². The molecule has 1 aromatic rings. The fourth-order valence-electron chi connectivity index (χ4n) is 1.66. The number of hydrogen-bond acceptors (Lipinski definition) is 4. The normalized spacial score (nSPS) is 18.8. The van der Waals surface area contributed by atoms with Gasteiger partial charge in [-0.3, -0.25) is 4.79 Å². The Kier molecular flexibility index (Phi) is 4.41. The maximum atomic E-state index is 11.6. The number of amides is 1. The van der Waals surface area contributed by atoms with Crippen LogP contribution in [0.25, 0.3) is 0 Å². The highest BCUT2D eigenvalue weighted by atomic mass is 35.5. The van der Waals surface area contributed by atoms with Crippen molar-refractivity contribution < 1.29 is 14.3 Å². The van der Waals surface area contributed by atoms with Crippen LogP contribution in [0.1, 0.15) is 6.42 Å². The van der Waals surface area contributed by atoms with Crippen molar-refractivity contribution in [3.63, 3.8) is 0 Å². The van der Waals surface area contributed by atoms with E-state index in [-0.39, 0.29) is 18.6 Å². The summed E-state index contributed by atoms with van der Waals surface area (Å²) in [6.07, 6.45) is 0.841. The molecule has 0 radical (unpaired) electrons. The van der Waals surface area contributed by atoms with Crippen molar-refractivity contribution in [2.45, 2.75) is 12.5 Å². The first-order valence-corrected chi connectivity index (χ1v) is 6.07. The Morgan fingerprint density at radius 1 is 1.61 bits per heavy atom. The highest BCUT2D eigenvalue weighted by molar-refractivity contribution is 6.34. The van der Waals surface area contributed by atoms with Crippen LogP contribution in [0.5, 0.6) is 0 Å². The summed E-state index contributed by atoms with van der Waals surface area (Å²) < 4.78 is 10.5. The minimum Gasteiger partial charge on any atom is -0.399 e. The van der Waals surface area contributed by atoms with E-state index < -0.39 is 0 Å². The Morgan fingerprint density at radius 3 is 3.11 bits per heavy atom. The molecular weight excluding hydrogens is 256 g/mol. The number of nitrogen functional groups attached to an aromatic ring is 1. The van der Waals surface area contributed by atoms with Gasteiger partial charge < -0.3 is 20.5 Å². The second-order valence-corrected chi connectivity index (χ2v) is 4.49. The smallest absolute Gasteiger partial charge is 0.250 e. The molecule has 5 nitrogen and oxygen atoms in total. The summed E-state index contributed by atoms with van der Waals surface area (Å²) in [5, 5.41) is 3.08. The lowest BCUT2D eigenvalue weighted by molar-refractivity contribution is -0.122. The van der Waals surface area contributed by atoms with Gasteiger partial charge in [-0.2, -0.15) is 0 Å². The van der Waals surface area contributed by atoms with Gasteiger partial charge in [0, 0.05) is 12.3 Å². The number of ether oxygens (including phenoxy) is 2. The molecule has 18 heavy (non-hydrogen) atoms. The van der Waals surface area contributed by atoms with Crippen LogP contribution in [0.4, 0.5) is 11.4 Å². The monoisotopic (exact) mass is 270 g/mol. The molecule has 98 valence electrons. The van der Waals surface area contributed by atoms with Crippen molar-refractivity contribution in [2.75, 3.05) is 30.9 Å². The highest BCUT2D eigenvalue weighted by Gasteiger charge is 2.17. The molecule has 1 atom stereocenters. The number of halogens is 1. The molecule has 0 saturated carbocycles. The lowest BCUT2D eigenvalue weighted by atomic mass is 10.3. The van der Waals surface area contributed by atoms with Crippen molar-refractivity contribution in [3.05, 3.63) is 23.2 Å². The topological polar surface area (TPSA) is 73.6 Å². The summed E-state index contributed by atoms with van der Waals surface area (Å²) in [5.41, 5.74) is 6.65. The van der Waals surface area contributed by atoms with Crippen LogP contribution in [0.15, 0.2) is 18.2 Å². The van der Waals surface area contributed by atoms with Crippen LogP contribution < -0.4 is 11.1 Å². The molecule has 1 aromatic carbocycles.